The van der Waals surface area contributed by atoms with Gasteiger partial charge in [-0.2, -0.15) is 0 Å². The van der Waals surface area contributed by atoms with E-state index in [1.807, 2.05) is 31.2 Å². The molecule has 0 saturated heterocycles. The third-order valence-electron chi connectivity index (χ3n) is 3.97. The van der Waals surface area contributed by atoms with Crippen LogP contribution in [-0.2, 0) is 22.6 Å². The summed E-state index contributed by atoms with van der Waals surface area (Å²) < 4.78 is 9.88. The maximum Gasteiger partial charge on any atom is 0.433 e. The second-order valence-electron chi connectivity index (χ2n) is 5.97. The van der Waals surface area contributed by atoms with Crippen molar-refractivity contribution in [2.75, 3.05) is 4.90 Å². The SMILES string of the molecule is CCc1ccc(N(C(C)=O)c2nc(COC(=O)c3ccc([N+](=O)[O-])o3)cs2)cc1. The number of aromatic nitrogens is 1. The van der Waals surface area contributed by atoms with Crippen LogP contribution in [0.15, 0.2) is 46.2 Å². The van der Waals surface area contributed by atoms with Crippen LogP contribution in [0.25, 0.3) is 0 Å². The van der Waals surface area contributed by atoms with Crippen molar-refractivity contribution in [1.29, 1.82) is 0 Å². The van der Waals surface area contributed by atoms with Crippen LogP contribution in [0.1, 0.15) is 35.7 Å². The summed E-state index contributed by atoms with van der Waals surface area (Å²) >= 11 is 1.24. The summed E-state index contributed by atoms with van der Waals surface area (Å²) in [7, 11) is 0. The Balaban J connectivity index is 1.70. The van der Waals surface area contributed by atoms with Crippen LogP contribution in [-0.4, -0.2) is 21.8 Å². The lowest BCUT2D eigenvalue weighted by atomic mass is 10.1. The van der Waals surface area contributed by atoms with Gasteiger partial charge in [0, 0.05) is 12.3 Å². The average molecular weight is 415 g/mol. The molecule has 0 bridgehead atoms. The Hall–Kier alpha value is -3.53. The maximum absolute atomic E-state index is 12.2. The van der Waals surface area contributed by atoms with E-state index in [0.717, 1.165) is 18.1 Å². The van der Waals surface area contributed by atoms with Gasteiger partial charge in [0.25, 0.3) is 0 Å². The number of anilines is 2. The molecule has 0 saturated carbocycles. The van der Waals surface area contributed by atoms with Gasteiger partial charge in [-0.15, -0.1) is 11.3 Å². The molecule has 10 heteroatoms. The van der Waals surface area contributed by atoms with Crippen LogP contribution in [0.2, 0.25) is 0 Å². The van der Waals surface area contributed by atoms with Crippen molar-refractivity contribution in [2.24, 2.45) is 0 Å². The highest BCUT2D eigenvalue weighted by atomic mass is 32.1. The number of thiazole rings is 1. The van der Waals surface area contributed by atoms with Crippen LogP contribution in [0.5, 0.6) is 0 Å². The van der Waals surface area contributed by atoms with Gasteiger partial charge in [0.15, 0.2) is 5.13 Å². The van der Waals surface area contributed by atoms with Gasteiger partial charge in [0.05, 0.1) is 17.4 Å². The van der Waals surface area contributed by atoms with Crippen molar-refractivity contribution in [3.05, 3.63) is 68.9 Å². The quantitative estimate of drug-likeness (QED) is 0.322. The van der Waals surface area contributed by atoms with Crippen molar-refractivity contribution in [3.63, 3.8) is 0 Å². The summed E-state index contributed by atoms with van der Waals surface area (Å²) in [5.41, 5.74) is 2.29. The Morgan fingerprint density at radius 1 is 1.24 bits per heavy atom. The number of nitrogens with zero attached hydrogens (tertiary/aromatic N) is 3. The molecule has 3 aromatic rings. The summed E-state index contributed by atoms with van der Waals surface area (Å²) in [6.07, 6.45) is 0.895. The topological polar surface area (TPSA) is 116 Å². The summed E-state index contributed by atoms with van der Waals surface area (Å²) in [4.78, 5) is 39.8. The molecular formula is C19H17N3O6S. The molecule has 0 unspecified atom stereocenters. The van der Waals surface area contributed by atoms with E-state index in [-0.39, 0.29) is 18.3 Å². The van der Waals surface area contributed by atoms with Gasteiger partial charge in [-0.1, -0.05) is 19.1 Å². The molecule has 29 heavy (non-hydrogen) atoms. The molecular weight excluding hydrogens is 398 g/mol. The Morgan fingerprint density at radius 2 is 1.97 bits per heavy atom. The minimum atomic E-state index is -0.841. The number of nitro groups is 1. The molecule has 0 spiro atoms. The fraction of sp³-hybridized carbons (Fsp3) is 0.211. The van der Waals surface area contributed by atoms with E-state index in [1.165, 1.54) is 29.2 Å². The predicted molar refractivity (Wildman–Crippen MR) is 105 cm³/mol. The molecule has 0 aliphatic rings. The number of amides is 1. The molecule has 1 amide bonds. The fourth-order valence-electron chi connectivity index (χ4n) is 2.52. The lowest BCUT2D eigenvalue weighted by Crippen LogP contribution is -2.22. The zero-order valence-electron chi connectivity index (χ0n) is 15.7. The number of benzene rings is 1. The summed E-state index contributed by atoms with van der Waals surface area (Å²) in [6.45, 7) is 3.33. The Labute approximate surface area is 169 Å². The minimum absolute atomic E-state index is 0.162. The second kappa shape index (κ2) is 8.65. The standard InChI is InChI=1S/C19H17N3O6S/c1-3-13-4-6-15(7-5-13)21(12(2)23)19-20-14(11-29-19)10-27-18(24)16-8-9-17(28-16)22(25)26/h4-9,11H,3,10H2,1-2H3. The number of esters is 1. The zero-order chi connectivity index (χ0) is 21.0. The number of hydrogen-bond donors (Lipinski definition) is 0. The third kappa shape index (κ3) is 4.66. The van der Waals surface area contributed by atoms with Crippen molar-refractivity contribution in [3.8, 4) is 0 Å². The first-order valence-corrected chi connectivity index (χ1v) is 9.52. The molecule has 3 rings (SSSR count). The molecule has 2 aromatic heterocycles. The molecule has 1 aromatic carbocycles. The second-order valence-corrected chi connectivity index (χ2v) is 6.80. The summed E-state index contributed by atoms with van der Waals surface area (Å²) in [5.74, 6) is -1.85. The first kappa shape index (κ1) is 20.2. The minimum Gasteiger partial charge on any atom is -0.453 e. The Bertz CT molecular complexity index is 1040. The average Bonchev–Trinajstić information content (AvgIpc) is 3.37. The van der Waals surface area contributed by atoms with Crippen LogP contribution in [0.4, 0.5) is 16.7 Å². The van der Waals surface area contributed by atoms with E-state index >= 15 is 0 Å². The van der Waals surface area contributed by atoms with Gasteiger partial charge >= 0.3 is 11.9 Å². The highest BCUT2D eigenvalue weighted by Crippen LogP contribution is 2.29. The van der Waals surface area contributed by atoms with Gasteiger partial charge in [-0.3, -0.25) is 19.8 Å². The van der Waals surface area contributed by atoms with E-state index in [2.05, 4.69) is 4.98 Å². The van der Waals surface area contributed by atoms with E-state index in [4.69, 9.17) is 9.15 Å². The number of rotatable bonds is 7. The molecule has 150 valence electrons. The fourth-order valence-corrected chi connectivity index (χ4v) is 3.39. The molecule has 0 aliphatic heterocycles. The van der Waals surface area contributed by atoms with Gasteiger partial charge in [-0.05, 0) is 30.2 Å². The third-order valence-corrected chi connectivity index (χ3v) is 4.85. The highest BCUT2D eigenvalue weighted by Gasteiger charge is 2.21. The first-order chi connectivity index (χ1) is 13.9. The van der Waals surface area contributed by atoms with E-state index in [0.29, 0.717) is 16.5 Å². The van der Waals surface area contributed by atoms with Gasteiger partial charge in [0.1, 0.15) is 11.5 Å². The highest BCUT2D eigenvalue weighted by molar-refractivity contribution is 7.14. The monoisotopic (exact) mass is 415 g/mol. The Kier molecular flexibility index (Phi) is 6.03. The van der Waals surface area contributed by atoms with Crippen molar-refractivity contribution < 1.29 is 23.7 Å². The lowest BCUT2D eigenvalue weighted by Gasteiger charge is -2.18. The number of carbonyl (C=O) groups is 2. The Morgan fingerprint density at radius 3 is 2.55 bits per heavy atom. The molecule has 2 heterocycles. The van der Waals surface area contributed by atoms with Crippen molar-refractivity contribution in [1.82, 2.24) is 4.98 Å². The van der Waals surface area contributed by atoms with Crippen molar-refractivity contribution >= 4 is 39.9 Å². The smallest absolute Gasteiger partial charge is 0.433 e. The van der Waals surface area contributed by atoms with E-state index < -0.39 is 16.8 Å². The van der Waals surface area contributed by atoms with E-state index in [1.54, 1.807) is 5.38 Å². The number of carbonyl (C=O) groups excluding carboxylic acids is 2. The summed E-state index contributed by atoms with van der Waals surface area (Å²) in [5, 5.41) is 12.7. The van der Waals surface area contributed by atoms with Crippen LogP contribution in [0.3, 0.4) is 0 Å². The summed E-state index contributed by atoms with van der Waals surface area (Å²) in [6, 6.07) is 9.85. The maximum atomic E-state index is 12.2. The lowest BCUT2D eigenvalue weighted by molar-refractivity contribution is -0.402. The molecule has 0 radical (unpaired) electrons. The molecule has 0 N–H and O–H groups in total. The van der Waals surface area contributed by atoms with E-state index in [9.17, 15) is 19.7 Å². The normalized spacial score (nSPS) is 10.6. The molecule has 0 atom stereocenters. The molecule has 0 fully saturated rings. The number of aryl methyl sites for hydroxylation is 1. The molecule has 9 nitrogen and oxygen atoms in total. The van der Waals surface area contributed by atoms with Gasteiger partial charge in [0.2, 0.25) is 11.7 Å². The first-order valence-electron chi connectivity index (χ1n) is 8.64. The predicted octanol–water partition coefficient (Wildman–Crippen LogP) is 4.25. The van der Waals surface area contributed by atoms with Crippen LogP contribution >= 0.6 is 11.3 Å². The molecule has 0 aliphatic carbocycles. The van der Waals surface area contributed by atoms with Crippen LogP contribution in [0, 0.1) is 10.1 Å². The number of furan rings is 1. The number of hydrogen-bond acceptors (Lipinski definition) is 8. The van der Waals surface area contributed by atoms with Crippen molar-refractivity contribution in [2.45, 2.75) is 26.9 Å². The van der Waals surface area contributed by atoms with Gasteiger partial charge < -0.3 is 9.15 Å². The number of ether oxygens (including phenoxy) is 1. The zero-order valence-corrected chi connectivity index (χ0v) is 16.5. The van der Waals surface area contributed by atoms with Gasteiger partial charge in [-0.25, -0.2) is 9.78 Å². The largest absolute Gasteiger partial charge is 0.453 e. The van der Waals surface area contributed by atoms with Crippen LogP contribution < -0.4 is 4.90 Å².